The number of alkyl carbamates (subject to hydrolysis) is 1. The van der Waals surface area contributed by atoms with Crippen molar-refractivity contribution in [1.82, 2.24) is 15.3 Å². The summed E-state index contributed by atoms with van der Waals surface area (Å²) in [5.74, 6) is 0.507. The van der Waals surface area contributed by atoms with Crippen LogP contribution in [-0.4, -0.2) is 28.8 Å². The van der Waals surface area contributed by atoms with Crippen LogP contribution >= 0.6 is 0 Å². The number of alkyl halides is 3. The van der Waals surface area contributed by atoms with Gasteiger partial charge in [0.2, 0.25) is 0 Å². The van der Waals surface area contributed by atoms with Crippen molar-refractivity contribution in [3.63, 3.8) is 0 Å². The van der Waals surface area contributed by atoms with Crippen LogP contribution in [0.3, 0.4) is 0 Å². The van der Waals surface area contributed by atoms with Gasteiger partial charge in [-0.05, 0) is 13.0 Å². The zero-order valence-electron chi connectivity index (χ0n) is 8.91. The molecule has 0 atom stereocenters. The monoisotopic (exact) mass is 249 g/mol. The van der Waals surface area contributed by atoms with E-state index in [0.717, 1.165) is 0 Å². The molecule has 1 aromatic rings. The normalized spacial score (nSPS) is 11.1. The topological polar surface area (TPSA) is 64.1 Å². The molecule has 0 saturated carbocycles. The van der Waals surface area contributed by atoms with Crippen molar-refractivity contribution in [2.75, 3.05) is 6.61 Å². The summed E-state index contributed by atoms with van der Waals surface area (Å²) in [5, 5.41) is 2.15. The molecule has 0 aliphatic rings. The van der Waals surface area contributed by atoms with E-state index in [1.807, 2.05) is 0 Å². The molecule has 1 amide bonds. The first-order chi connectivity index (χ1) is 7.87. The van der Waals surface area contributed by atoms with Gasteiger partial charge in [0.05, 0.1) is 12.2 Å². The minimum Gasteiger partial charge on any atom is -0.440 e. The minimum absolute atomic E-state index is 0.0138. The van der Waals surface area contributed by atoms with Crippen LogP contribution < -0.4 is 5.32 Å². The first-order valence-electron chi connectivity index (χ1n) is 4.63. The number of rotatable bonds is 3. The summed E-state index contributed by atoms with van der Waals surface area (Å²) in [5.41, 5.74) is 0.487. The molecule has 1 rings (SSSR count). The molecule has 0 saturated heterocycles. The third-order valence-electron chi connectivity index (χ3n) is 1.61. The Kier molecular flexibility index (Phi) is 4.24. The highest BCUT2D eigenvalue weighted by atomic mass is 19.4. The highest BCUT2D eigenvalue weighted by Crippen LogP contribution is 2.14. The van der Waals surface area contributed by atoms with Crippen LogP contribution in [0.5, 0.6) is 0 Å². The summed E-state index contributed by atoms with van der Waals surface area (Å²) in [6.07, 6.45) is -4.18. The van der Waals surface area contributed by atoms with E-state index in [1.165, 1.54) is 12.3 Å². The van der Waals surface area contributed by atoms with Crippen LogP contribution in [0.1, 0.15) is 11.5 Å². The average molecular weight is 249 g/mol. The minimum atomic E-state index is -4.52. The molecule has 1 N–H and O–H groups in total. The second-order valence-corrected chi connectivity index (χ2v) is 3.14. The molecule has 5 nitrogen and oxygen atoms in total. The fraction of sp³-hybridized carbons (Fsp3) is 0.444. The predicted octanol–water partition coefficient (Wildman–Crippen LogP) is 1.57. The number of halogens is 3. The summed E-state index contributed by atoms with van der Waals surface area (Å²) in [7, 11) is 0. The number of ether oxygens (including phenoxy) is 1. The van der Waals surface area contributed by atoms with E-state index >= 15 is 0 Å². The highest BCUT2D eigenvalue weighted by molar-refractivity contribution is 5.67. The Hall–Kier alpha value is -1.86. The predicted molar refractivity (Wildman–Crippen MR) is 51.0 cm³/mol. The van der Waals surface area contributed by atoms with E-state index in [9.17, 15) is 18.0 Å². The molecule has 0 unspecified atom stereocenters. The van der Waals surface area contributed by atoms with Gasteiger partial charge in [0, 0.05) is 6.20 Å². The molecule has 8 heteroatoms. The van der Waals surface area contributed by atoms with Crippen LogP contribution in [0.25, 0.3) is 0 Å². The Morgan fingerprint density at radius 1 is 1.53 bits per heavy atom. The van der Waals surface area contributed by atoms with Gasteiger partial charge < -0.3 is 10.1 Å². The number of aromatic nitrogens is 2. The second-order valence-electron chi connectivity index (χ2n) is 3.14. The summed E-state index contributed by atoms with van der Waals surface area (Å²) >= 11 is 0. The van der Waals surface area contributed by atoms with E-state index in [-0.39, 0.29) is 6.54 Å². The van der Waals surface area contributed by atoms with Crippen LogP contribution in [-0.2, 0) is 11.3 Å². The Morgan fingerprint density at radius 3 is 2.82 bits per heavy atom. The van der Waals surface area contributed by atoms with Gasteiger partial charge in [0.1, 0.15) is 5.82 Å². The van der Waals surface area contributed by atoms with Gasteiger partial charge in [-0.2, -0.15) is 13.2 Å². The Labute approximate surface area is 95.0 Å². The van der Waals surface area contributed by atoms with Crippen LogP contribution in [0.4, 0.5) is 18.0 Å². The maximum Gasteiger partial charge on any atom is 0.422 e. The maximum absolute atomic E-state index is 11.7. The number of aryl methyl sites for hydroxylation is 1. The lowest BCUT2D eigenvalue weighted by molar-refractivity contribution is -0.160. The van der Waals surface area contributed by atoms with E-state index in [4.69, 9.17) is 0 Å². The van der Waals surface area contributed by atoms with Gasteiger partial charge in [0.15, 0.2) is 6.61 Å². The van der Waals surface area contributed by atoms with Gasteiger partial charge in [-0.15, -0.1) is 0 Å². The molecule has 0 spiro atoms. The number of nitrogens with zero attached hydrogens (tertiary/aromatic N) is 2. The quantitative estimate of drug-likeness (QED) is 0.883. The lowest BCUT2D eigenvalue weighted by Crippen LogP contribution is -2.29. The van der Waals surface area contributed by atoms with E-state index < -0.39 is 18.9 Å². The molecule has 0 radical (unpaired) electrons. The lowest BCUT2D eigenvalue weighted by atomic mass is 10.4. The molecule has 17 heavy (non-hydrogen) atoms. The zero-order valence-corrected chi connectivity index (χ0v) is 8.91. The number of hydrogen-bond acceptors (Lipinski definition) is 4. The van der Waals surface area contributed by atoms with Crippen molar-refractivity contribution in [1.29, 1.82) is 0 Å². The third-order valence-corrected chi connectivity index (χ3v) is 1.61. The summed E-state index contributed by atoms with van der Waals surface area (Å²) in [6, 6.07) is 1.54. The number of hydrogen-bond donors (Lipinski definition) is 1. The molecule has 94 valence electrons. The van der Waals surface area contributed by atoms with Crippen molar-refractivity contribution in [3.8, 4) is 0 Å². The van der Waals surface area contributed by atoms with Crippen LogP contribution in [0, 0.1) is 6.92 Å². The van der Waals surface area contributed by atoms with Crippen LogP contribution in [0.15, 0.2) is 12.3 Å². The average Bonchev–Trinajstić information content (AvgIpc) is 2.23. The van der Waals surface area contributed by atoms with Crippen molar-refractivity contribution in [2.24, 2.45) is 0 Å². The Balaban J connectivity index is 2.33. The third kappa shape index (κ3) is 5.69. The Morgan fingerprint density at radius 2 is 2.24 bits per heavy atom. The largest absolute Gasteiger partial charge is 0.440 e. The van der Waals surface area contributed by atoms with Gasteiger partial charge >= 0.3 is 12.3 Å². The molecule has 1 aromatic heterocycles. The number of carbonyl (C=O) groups excluding carboxylic acids is 1. The first-order valence-corrected chi connectivity index (χ1v) is 4.63. The summed E-state index contributed by atoms with van der Waals surface area (Å²) < 4.78 is 39.1. The molecule has 0 aliphatic carbocycles. The molecular formula is C9H10F3N3O2. The summed E-state index contributed by atoms with van der Waals surface area (Å²) in [4.78, 5) is 18.7. The van der Waals surface area contributed by atoms with E-state index in [1.54, 1.807) is 6.92 Å². The molecule has 0 bridgehead atoms. The summed E-state index contributed by atoms with van der Waals surface area (Å²) in [6.45, 7) is 0.0349. The lowest BCUT2D eigenvalue weighted by Gasteiger charge is -2.08. The van der Waals surface area contributed by atoms with Crippen molar-refractivity contribution >= 4 is 6.09 Å². The molecule has 0 fully saturated rings. The smallest absolute Gasteiger partial charge is 0.422 e. The second kappa shape index (κ2) is 5.46. The molecule has 0 aliphatic heterocycles. The van der Waals surface area contributed by atoms with Gasteiger partial charge in [-0.1, -0.05) is 0 Å². The maximum atomic E-state index is 11.7. The standard InChI is InChI=1S/C9H10F3N3O2/c1-6-13-3-2-7(15-6)4-14-8(16)17-5-9(10,11)12/h2-3H,4-5H2,1H3,(H,14,16). The fourth-order valence-electron chi connectivity index (χ4n) is 0.965. The van der Waals surface area contributed by atoms with Crippen molar-refractivity contribution < 1.29 is 22.7 Å². The SMILES string of the molecule is Cc1nccc(CNC(=O)OCC(F)(F)F)n1. The number of carbonyl (C=O) groups is 1. The molecular weight excluding hydrogens is 239 g/mol. The van der Waals surface area contributed by atoms with E-state index in [2.05, 4.69) is 20.0 Å². The fourth-order valence-corrected chi connectivity index (χ4v) is 0.965. The first kappa shape index (κ1) is 13.2. The van der Waals surface area contributed by atoms with Gasteiger partial charge in [-0.3, -0.25) is 0 Å². The van der Waals surface area contributed by atoms with Gasteiger partial charge in [-0.25, -0.2) is 14.8 Å². The van der Waals surface area contributed by atoms with Crippen molar-refractivity contribution in [3.05, 3.63) is 23.8 Å². The number of nitrogens with one attached hydrogen (secondary N) is 1. The zero-order chi connectivity index (χ0) is 12.9. The molecule has 0 aromatic carbocycles. The van der Waals surface area contributed by atoms with Crippen molar-refractivity contribution in [2.45, 2.75) is 19.6 Å². The van der Waals surface area contributed by atoms with Crippen LogP contribution in [0.2, 0.25) is 0 Å². The van der Waals surface area contributed by atoms with E-state index in [0.29, 0.717) is 11.5 Å². The van der Waals surface area contributed by atoms with Gasteiger partial charge in [0.25, 0.3) is 0 Å². The number of amides is 1. The Bertz CT molecular complexity index is 395. The molecule has 1 heterocycles. The highest BCUT2D eigenvalue weighted by Gasteiger charge is 2.29.